The van der Waals surface area contributed by atoms with Gasteiger partial charge in [0.1, 0.15) is 0 Å². The Morgan fingerprint density at radius 1 is 0.938 bits per heavy atom. The van der Waals surface area contributed by atoms with Gasteiger partial charge in [-0.25, -0.2) is 9.59 Å². The van der Waals surface area contributed by atoms with Crippen LogP contribution in [0.15, 0.2) is 66.7 Å². The van der Waals surface area contributed by atoms with Crippen molar-refractivity contribution in [3.63, 3.8) is 0 Å². The number of rotatable bonds is 16. The van der Waals surface area contributed by atoms with Crippen LogP contribution < -0.4 is 4.74 Å². The summed E-state index contributed by atoms with van der Waals surface area (Å²) in [7, 11) is 0. The van der Waals surface area contributed by atoms with E-state index in [1.807, 2.05) is 55.5 Å². The molecule has 0 saturated heterocycles. The Balaban J connectivity index is 1.25. The number of carboxylic acids is 1. The fraction of sp³-hybridized carbons (Fsp3) is 0.312. The molecule has 2 aromatic heterocycles. The number of hydrogen-bond acceptors (Lipinski definition) is 13. The summed E-state index contributed by atoms with van der Waals surface area (Å²) in [5.41, 5.74) is 4.54. The predicted molar refractivity (Wildman–Crippen MR) is 168 cm³/mol. The first-order valence-electron chi connectivity index (χ1n) is 15.2. The third kappa shape index (κ3) is 8.29. The number of aromatic carboxylic acids is 1. The van der Waals surface area contributed by atoms with E-state index in [1.54, 1.807) is 29.7 Å². The van der Waals surface area contributed by atoms with Gasteiger partial charge < -0.3 is 19.3 Å². The van der Waals surface area contributed by atoms with Crippen LogP contribution in [0.4, 0.5) is 4.79 Å². The number of unbranched alkanes of at least 4 members (excludes halogenated alkanes) is 2. The Labute approximate surface area is 274 Å². The first-order valence-corrected chi connectivity index (χ1v) is 15.2. The molecule has 2 heterocycles. The van der Waals surface area contributed by atoms with E-state index in [9.17, 15) is 14.7 Å². The molecule has 1 unspecified atom stereocenters. The highest BCUT2D eigenvalue weighted by Crippen LogP contribution is 2.31. The summed E-state index contributed by atoms with van der Waals surface area (Å²) in [6.45, 7) is 4.39. The Kier molecular flexibility index (Phi) is 11.3. The smallest absolute Gasteiger partial charge is 0.478 e. The van der Waals surface area contributed by atoms with Gasteiger partial charge in [-0.1, -0.05) is 54.6 Å². The van der Waals surface area contributed by atoms with Crippen LogP contribution >= 0.6 is 0 Å². The van der Waals surface area contributed by atoms with Crippen molar-refractivity contribution in [3.05, 3.63) is 77.9 Å². The van der Waals surface area contributed by atoms with E-state index in [2.05, 4.69) is 25.2 Å². The number of fused-ring (bicyclic) bond motifs is 1. The Morgan fingerprint density at radius 2 is 1.69 bits per heavy atom. The van der Waals surface area contributed by atoms with E-state index < -0.39 is 18.4 Å². The number of carbonyl (C=O) groups is 2. The van der Waals surface area contributed by atoms with Gasteiger partial charge >= 0.3 is 12.1 Å². The molecule has 0 fully saturated rings. The lowest BCUT2D eigenvalue weighted by atomic mass is 9.98. The minimum atomic E-state index is -1.04. The van der Waals surface area contributed by atoms with Crippen molar-refractivity contribution in [2.24, 2.45) is 0 Å². The lowest BCUT2D eigenvalue weighted by Crippen LogP contribution is -2.18. The number of carbonyl (C=O) groups excluding carboxylic acids is 1. The maximum atomic E-state index is 12.1. The summed E-state index contributed by atoms with van der Waals surface area (Å²) in [6.07, 6.45) is -0.0606. The standard InChI is InChI=1S/C32H35N7O9/c1-3-45-31-33-27-13-9-12-26(30(40)41)28(27)37(31)20-22-14-16-23(17-15-22)24-10-5-6-11-25(24)29-34-36-38(35-29)21(2)48-32(42)46-18-7-4-8-19-47-39(43)44/h5-6,9-17,21,43-44H,3-4,7-8,18-20H2,1-2H3,(H,40,41). The number of ether oxygens (including phenoxy) is 3. The van der Waals surface area contributed by atoms with Crippen molar-refractivity contribution in [1.82, 2.24) is 35.1 Å². The van der Waals surface area contributed by atoms with E-state index in [-0.39, 0.29) is 24.2 Å². The molecule has 0 radical (unpaired) electrons. The quantitative estimate of drug-likeness (QED) is 0.0694. The summed E-state index contributed by atoms with van der Waals surface area (Å²) in [6, 6.07) is 20.7. The number of carboxylic acid groups (broad SMARTS) is 1. The molecule has 0 spiro atoms. The number of tetrazole rings is 1. The molecule has 16 heteroatoms. The number of para-hydroxylation sites is 1. The number of imidazole rings is 1. The second-order valence-electron chi connectivity index (χ2n) is 10.5. The summed E-state index contributed by atoms with van der Waals surface area (Å²) in [5.74, 6) is -0.712. The maximum absolute atomic E-state index is 12.1. The minimum Gasteiger partial charge on any atom is -0.478 e. The molecule has 48 heavy (non-hydrogen) atoms. The van der Waals surface area contributed by atoms with Crippen molar-refractivity contribution in [2.45, 2.75) is 45.9 Å². The van der Waals surface area contributed by atoms with E-state index in [0.29, 0.717) is 60.8 Å². The fourth-order valence-corrected chi connectivity index (χ4v) is 5.01. The molecular formula is C32H35N7O9. The molecule has 3 N–H and O–H groups in total. The second kappa shape index (κ2) is 15.9. The third-order valence-corrected chi connectivity index (χ3v) is 7.24. The minimum absolute atomic E-state index is 0.111. The Hall–Kier alpha value is -5.42. The maximum Gasteiger partial charge on any atom is 0.510 e. The van der Waals surface area contributed by atoms with Gasteiger partial charge in [0.2, 0.25) is 12.1 Å². The highest BCUT2D eigenvalue weighted by Gasteiger charge is 2.20. The average molecular weight is 662 g/mol. The van der Waals surface area contributed by atoms with Crippen molar-refractivity contribution < 1.29 is 44.2 Å². The van der Waals surface area contributed by atoms with Gasteiger partial charge in [0.15, 0.2) is 0 Å². The number of aromatic nitrogens is 6. The molecule has 0 aliphatic rings. The zero-order valence-electron chi connectivity index (χ0n) is 26.3. The van der Waals surface area contributed by atoms with Crippen LogP contribution in [0.2, 0.25) is 0 Å². The predicted octanol–water partition coefficient (Wildman–Crippen LogP) is 5.36. The molecule has 0 amide bonds. The zero-order valence-corrected chi connectivity index (χ0v) is 26.3. The zero-order chi connectivity index (χ0) is 34.0. The van der Waals surface area contributed by atoms with Crippen LogP contribution in [0, 0.1) is 0 Å². The highest BCUT2D eigenvalue weighted by molar-refractivity contribution is 6.01. The summed E-state index contributed by atoms with van der Waals surface area (Å²) >= 11 is 0. The SMILES string of the molecule is CCOc1nc2cccc(C(=O)O)c2n1Cc1ccc(-c2ccccc2-c2nnn(C(C)OC(=O)OCCCCCON(O)O)n2)cc1. The molecule has 0 saturated carbocycles. The molecule has 0 bridgehead atoms. The molecule has 3 aromatic carbocycles. The molecule has 1 atom stereocenters. The molecular weight excluding hydrogens is 626 g/mol. The van der Waals surface area contributed by atoms with Crippen LogP contribution in [0.25, 0.3) is 33.5 Å². The van der Waals surface area contributed by atoms with Crippen LogP contribution in [0.1, 0.15) is 55.3 Å². The lowest BCUT2D eigenvalue weighted by Gasteiger charge is -2.12. The Bertz CT molecular complexity index is 1840. The van der Waals surface area contributed by atoms with Crippen molar-refractivity contribution in [2.75, 3.05) is 19.8 Å². The van der Waals surface area contributed by atoms with E-state index in [1.165, 1.54) is 4.80 Å². The third-order valence-electron chi connectivity index (χ3n) is 7.24. The van der Waals surface area contributed by atoms with Gasteiger partial charge in [0, 0.05) is 5.56 Å². The number of hydrogen-bond donors (Lipinski definition) is 3. The van der Waals surface area contributed by atoms with Gasteiger partial charge in [-0.2, -0.15) is 4.98 Å². The largest absolute Gasteiger partial charge is 0.510 e. The Morgan fingerprint density at radius 3 is 2.42 bits per heavy atom. The van der Waals surface area contributed by atoms with E-state index in [0.717, 1.165) is 16.7 Å². The first-order chi connectivity index (χ1) is 23.2. The number of benzene rings is 3. The van der Waals surface area contributed by atoms with Crippen LogP contribution in [-0.4, -0.2) is 82.6 Å². The highest BCUT2D eigenvalue weighted by atomic mass is 17.1. The second-order valence-corrected chi connectivity index (χ2v) is 10.5. The molecule has 252 valence electrons. The number of nitrogens with zero attached hydrogens (tertiary/aromatic N) is 7. The van der Waals surface area contributed by atoms with Gasteiger partial charge in [-0.15, -0.1) is 15.0 Å². The average Bonchev–Trinajstić information content (AvgIpc) is 3.70. The van der Waals surface area contributed by atoms with Gasteiger partial charge in [0.25, 0.3) is 6.01 Å². The topological polar surface area (TPSA) is 196 Å². The monoisotopic (exact) mass is 661 g/mol. The lowest BCUT2D eigenvalue weighted by molar-refractivity contribution is -0.492. The van der Waals surface area contributed by atoms with Crippen molar-refractivity contribution in [3.8, 4) is 28.5 Å². The van der Waals surface area contributed by atoms with Crippen molar-refractivity contribution in [1.29, 1.82) is 0 Å². The molecule has 16 nitrogen and oxygen atoms in total. The summed E-state index contributed by atoms with van der Waals surface area (Å²) in [4.78, 5) is 34.3. The van der Waals surface area contributed by atoms with Crippen molar-refractivity contribution >= 4 is 23.2 Å². The van der Waals surface area contributed by atoms with Gasteiger partial charge in [-0.05, 0) is 67.1 Å². The van der Waals surface area contributed by atoms with Crippen LogP contribution in [-0.2, 0) is 20.9 Å². The first kappa shape index (κ1) is 33.9. The molecule has 0 aliphatic heterocycles. The fourth-order valence-electron chi connectivity index (χ4n) is 5.01. The van der Waals surface area contributed by atoms with E-state index >= 15 is 0 Å². The summed E-state index contributed by atoms with van der Waals surface area (Å²) in [5, 5.41) is 39.1. The molecule has 5 aromatic rings. The van der Waals surface area contributed by atoms with Crippen LogP contribution in [0.5, 0.6) is 6.01 Å². The van der Waals surface area contributed by atoms with Gasteiger partial charge in [0.05, 0.1) is 48.4 Å². The summed E-state index contributed by atoms with van der Waals surface area (Å²) < 4.78 is 17.9. The van der Waals surface area contributed by atoms with E-state index in [4.69, 9.17) is 24.6 Å². The molecule has 5 rings (SSSR count). The van der Waals surface area contributed by atoms with Crippen LogP contribution in [0.3, 0.4) is 0 Å². The normalized spacial score (nSPS) is 11.9. The van der Waals surface area contributed by atoms with Gasteiger partial charge in [-0.3, -0.25) is 19.8 Å². The molecule has 0 aliphatic carbocycles.